The fraction of sp³-hybridized carbons (Fsp3) is 0.533. The second kappa shape index (κ2) is 7.53. The van der Waals surface area contributed by atoms with Crippen LogP contribution in [0.3, 0.4) is 0 Å². The van der Waals surface area contributed by atoms with Crippen LogP contribution in [0.25, 0.3) is 0 Å². The highest BCUT2D eigenvalue weighted by Crippen LogP contribution is 2.24. The number of carbonyl (C=O) groups excluding carboxylic acids is 1. The van der Waals surface area contributed by atoms with E-state index in [1.165, 1.54) is 0 Å². The molecule has 0 fully saturated rings. The van der Waals surface area contributed by atoms with E-state index in [-0.39, 0.29) is 5.91 Å². The van der Waals surface area contributed by atoms with E-state index < -0.39 is 0 Å². The highest BCUT2D eigenvalue weighted by Gasteiger charge is 2.06. The normalized spacial score (nSPS) is 10.6. The van der Waals surface area contributed by atoms with Crippen LogP contribution in [0, 0.1) is 19.8 Å². The van der Waals surface area contributed by atoms with Crippen molar-refractivity contribution in [1.29, 1.82) is 0 Å². The Bertz CT molecular complexity index is 421. The molecular weight excluding hydrogens is 304 g/mol. The molecule has 0 atom stereocenters. The monoisotopic (exact) mass is 326 g/mol. The number of nitrogens with one attached hydrogen (secondary N) is 2. The van der Waals surface area contributed by atoms with Crippen molar-refractivity contribution in [2.75, 3.05) is 18.4 Å². The van der Waals surface area contributed by atoms with E-state index in [1.807, 2.05) is 26.0 Å². The van der Waals surface area contributed by atoms with E-state index in [1.54, 1.807) is 0 Å². The van der Waals surface area contributed by atoms with Gasteiger partial charge in [0.15, 0.2) is 0 Å². The SMILES string of the molecule is Cc1cc(Br)cc(C)c1NCC(=O)NCCC(C)C. The summed E-state index contributed by atoms with van der Waals surface area (Å²) in [6.45, 7) is 9.45. The molecule has 4 heteroatoms. The van der Waals surface area contributed by atoms with Gasteiger partial charge in [0.05, 0.1) is 6.54 Å². The summed E-state index contributed by atoms with van der Waals surface area (Å²) in [5.41, 5.74) is 3.32. The summed E-state index contributed by atoms with van der Waals surface area (Å²) in [7, 11) is 0. The van der Waals surface area contributed by atoms with Gasteiger partial charge in [-0.3, -0.25) is 4.79 Å². The first-order valence-corrected chi connectivity index (χ1v) is 7.46. The number of carbonyl (C=O) groups is 1. The summed E-state index contributed by atoms with van der Waals surface area (Å²) in [5, 5.41) is 6.14. The molecule has 1 aromatic carbocycles. The summed E-state index contributed by atoms with van der Waals surface area (Å²) >= 11 is 3.47. The summed E-state index contributed by atoms with van der Waals surface area (Å²) in [5.74, 6) is 0.659. The van der Waals surface area contributed by atoms with Crippen molar-refractivity contribution in [3.8, 4) is 0 Å². The van der Waals surface area contributed by atoms with E-state index in [2.05, 4.69) is 40.4 Å². The van der Waals surface area contributed by atoms with Gasteiger partial charge in [-0.05, 0) is 49.4 Å². The smallest absolute Gasteiger partial charge is 0.239 e. The van der Waals surface area contributed by atoms with E-state index in [0.29, 0.717) is 12.5 Å². The van der Waals surface area contributed by atoms with Crippen LogP contribution in [0.1, 0.15) is 31.4 Å². The molecule has 106 valence electrons. The van der Waals surface area contributed by atoms with Gasteiger partial charge in [0, 0.05) is 16.7 Å². The average Bonchev–Trinajstić information content (AvgIpc) is 2.26. The Morgan fingerprint density at radius 2 is 1.84 bits per heavy atom. The summed E-state index contributed by atoms with van der Waals surface area (Å²) < 4.78 is 1.06. The van der Waals surface area contributed by atoms with E-state index in [0.717, 1.165) is 34.3 Å². The Morgan fingerprint density at radius 1 is 1.26 bits per heavy atom. The molecule has 0 saturated carbocycles. The second-order valence-electron chi connectivity index (χ2n) is 5.30. The Kier molecular flexibility index (Phi) is 6.35. The quantitative estimate of drug-likeness (QED) is 0.837. The van der Waals surface area contributed by atoms with Gasteiger partial charge in [0.25, 0.3) is 0 Å². The van der Waals surface area contributed by atoms with E-state index in [4.69, 9.17) is 0 Å². The van der Waals surface area contributed by atoms with Crippen LogP contribution in [-0.2, 0) is 4.79 Å². The Labute approximate surface area is 124 Å². The molecule has 1 aromatic rings. The Balaban J connectivity index is 2.46. The summed E-state index contributed by atoms with van der Waals surface area (Å²) in [6, 6.07) is 4.10. The number of halogens is 1. The molecule has 19 heavy (non-hydrogen) atoms. The van der Waals surface area contributed by atoms with Crippen LogP contribution >= 0.6 is 15.9 Å². The number of hydrogen-bond donors (Lipinski definition) is 2. The molecule has 0 aliphatic carbocycles. The predicted octanol–water partition coefficient (Wildman–Crippen LogP) is 3.64. The number of amides is 1. The number of rotatable bonds is 6. The zero-order valence-electron chi connectivity index (χ0n) is 12.1. The lowest BCUT2D eigenvalue weighted by Crippen LogP contribution is -2.31. The number of benzene rings is 1. The van der Waals surface area contributed by atoms with Crippen molar-refractivity contribution in [1.82, 2.24) is 5.32 Å². The highest BCUT2D eigenvalue weighted by atomic mass is 79.9. The van der Waals surface area contributed by atoms with Crippen molar-refractivity contribution in [2.45, 2.75) is 34.1 Å². The first kappa shape index (κ1) is 16.0. The first-order chi connectivity index (χ1) is 8.90. The van der Waals surface area contributed by atoms with Crippen molar-refractivity contribution < 1.29 is 4.79 Å². The summed E-state index contributed by atoms with van der Waals surface area (Å²) in [6.07, 6.45) is 1.02. The molecule has 1 rings (SSSR count). The zero-order chi connectivity index (χ0) is 14.4. The van der Waals surface area contributed by atoms with Crippen LogP contribution < -0.4 is 10.6 Å². The predicted molar refractivity (Wildman–Crippen MR) is 84.6 cm³/mol. The number of aryl methyl sites for hydroxylation is 2. The maximum atomic E-state index is 11.7. The molecule has 1 amide bonds. The van der Waals surface area contributed by atoms with Crippen LogP contribution in [0.4, 0.5) is 5.69 Å². The van der Waals surface area contributed by atoms with Gasteiger partial charge in [0.2, 0.25) is 5.91 Å². The average molecular weight is 327 g/mol. The topological polar surface area (TPSA) is 41.1 Å². The van der Waals surface area contributed by atoms with Gasteiger partial charge in [-0.2, -0.15) is 0 Å². The molecule has 3 nitrogen and oxygen atoms in total. The van der Waals surface area contributed by atoms with Crippen molar-refractivity contribution in [2.24, 2.45) is 5.92 Å². The van der Waals surface area contributed by atoms with Gasteiger partial charge in [-0.1, -0.05) is 29.8 Å². The molecule has 0 aliphatic heterocycles. The van der Waals surface area contributed by atoms with Gasteiger partial charge in [-0.25, -0.2) is 0 Å². The minimum absolute atomic E-state index is 0.0439. The lowest BCUT2D eigenvalue weighted by atomic mass is 10.1. The lowest BCUT2D eigenvalue weighted by molar-refractivity contribution is -0.119. The van der Waals surface area contributed by atoms with E-state index in [9.17, 15) is 4.79 Å². The highest BCUT2D eigenvalue weighted by molar-refractivity contribution is 9.10. The minimum Gasteiger partial charge on any atom is -0.376 e. The van der Waals surface area contributed by atoms with Gasteiger partial charge < -0.3 is 10.6 Å². The molecular formula is C15H23BrN2O. The maximum absolute atomic E-state index is 11.7. The maximum Gasteiger partial charge on any atom is 0.239 e. The lowest BCUT2D eigenvalue weighted by Gasteiger charge is -2.13. The van der Waals surface area contributed by atoms with Crippen LogP contribution in [0.2, 0.25) is 0 Å². The summed E-state index contributed by atoms with van der Waals surface area (Å²) in [4.78, 5) is 11.7. The van der Waals surface area contributed by atoms with Crippen molar-refractivity contribution in [3.05, 3.63) is 27.7 Å². The van der Waals surface area contributed by atoms with Gasteiger partial charge in [0.1, 0.15) is 0 Å². The second-order valence-corrected chi connectivity index (χ2v) is 6.22. The molecule has 0 bridgehead atoms. The molecule has 0 heterocycles. The minimum atomic E-state index is 0.0439. The molecule has 0 unspecified atom stereocenters. The number of hydrogen-bond acceptors (Lipinski definition) is 2. The van der Waals surface area contributed by atoms with E-state index >= 15 is 0 Å². The molecule has 0 spiro atoms. The van der Waals surface area contributed by atoms with Crippen LogP contribution in [0.5, 0.6) is 0 Å². The number of anilines is 1. The third kappa shape index (κ3) is 5.64. The Morgan fingerprint density at radius 3 is 2.37 bits per heavy atom. The van der Waals surface area contributed by atoms with Gasteiger partial charge in [-0.15, -0.1) is 0 Å². The fourth-order valence-electron chi connectivity index (χ4n) is 1.92. The first-order valence-electron chi connectivity index (χ1n) is 6.67. The van der Waals surface area contributed by atoms with Crippen LogP contribution in [0.15, 0.2) is 16.6 Å². The van der Waals surface area contributed by atoms with Crippen LogP contribution in [-0.4, -0.2) is 19.0 Å². The van der Waals surface area contributed by atoms with Crippen molar-refractivity contribution >= 4 is 27.5 Å². The molecule has 0 aliphatic rings. The fourth-order valence-corrected chi connectivity index (χ4v) is 2.61. The largest absolute Gasteiger partial charge is 0.376 e. The molecule has 0 radical (unpaired) electrons. The molecule has 0 aromatic heterocycles. The molecule has 2 N–H and O–H groups in total. The third-order valence-corrected chi connectivity index (χ3v) is 3.42. The Hall–Kier alpha value is -1.03. The zero-order valence-corrected chi connectivity index (χ0v) is 13.7. The molecule has 0 saturated heterocycles. The standard InChI is InChI=1S/C15H23BrN2O/c1-10(2)5-6-17-14(19)9-18-15-11(3)7-13(16)8-12(15)4/h7-8,10,18H,5-6,9H2,1-4H3,(H,17,19). The third-order valence-electron chi connectivity index (χ3n) is 2.97. The van der Waals surface area contributed by atoms with Gasteiger partial charge >= 0.3 is 0 Å². The van der Waals surface area contributed by atoms with Crippen molar-refractivity contribution in [3.63, 3.8) is 0 Å².